The van der Waals surface area contributed by atoms with E-state index in [9.17, 15) is 4.79 Å². The number of carbonyl (C=O) groups is 1. The number of hydrogen-bond acceptors (Lipinski definition) is 4. The van der Waals surface area contributed by atoms with Crippen LogP contribution >= 0.6 is 0 Å². The molecule has 0 radical (unpaired) electrons. The third-order valence-corrected chi connectivity index (χ3v) is 5.99. The second-order valence-electron chi connectivity index (χ2n) is 8.14. The van der Waals surface area contributed by atoms with Crippen LogP contribution in [0.15, 0.2) is 54.9 Å². The number of fused-ring (bicyclic) bond motifs is 2. The summed E-state index contributed by atoms with van der Waals surface area (Å²) in [6.45, 7) is 1.55. The Balaban J connectivity index is 1.47. The van der Waals surface area contributed by atoms with Crippen LogP contribution in [-0.2, 0) is 0 Å². The molecule has 0 aliphatic carbocycles. The zero-order valence-electron chi connectivity index (χ0n) is 17.6. The summed E-state index contributed by atoms with van der Waals surface area (Å²) in [5.41, 5.74) is 3.11. The molecule has 154 valence electrons. The molecular formula is C25H23N5O. The SMILES string of the molecule is CN(C)[C@H]1CCN(C(=O)c2ccc3[nH]nc(C#Cc4cccc5cnccc45)c3c2)C1. The summed E-state index contributed by atoms with van der Waals surface area (Å²) in [4.78, 5) is 21.3. The first-order valence-electron chi connectivity index (χ1n) is 10.4. The van der Waals surface area contributed by atoms with Gasteiger partial charge in [0, 0.05) is 58.8 Å². The third-order valence-electron chi connectivity index (χ3n) is 5.99. The highest BCUT2D eigenvalue weighted by molar-refractivity contribution is 5.99. The van der Waals surface area contributed by atoms with E-state index in [2.05, 4.69) is 46.0 Å². The van der Waals surface area contributed by atoms with Crippen LogP contribution in [-0.4, -0.2) is 64.1 Å². The number of aromatic amines is 1. The maximum atomic E-state index is 13.1. The fraction of sp³-hybridized carbons (Fsp3) is 0.240. The monoisotopic (exact) mass is 409 g/mol. The largest absolute Gasteiger partial charge is 0.337 e. The lowest BCUT2D eigenvalue weighted by Gasteiger charge is -2.20. The van der Waals surface area contributed by atoms with E-state index in [1.165, 1.54) is 0 Å². The molecule has 5 rings (SSSR count). The number of rotatable bonds is 2. The molecule has 1 aliphatic rings. The minimum atomic E-state index is 0.0629. The molecule has 0 spiro atoms. The average molecular weight is 409 g/mol. The third kappa shape index (κ3) is 3.65. The van der Waals surface area contributed by atoms with E-state index in [0.29, 0.717) is 17.3 Å². The Bertz CT molecular complexity index is 1340. The summed E-state index contributed by atoms with van der Waals surface area (Å²) >= 11 is 0. The van der Waals surface area contributed by atoms with Gasteiger partial charge in [-0.3, -0.25) is 14.9 Å². The number of benzene rings is 2. The van der Waals surface area contributed by atoms with Crippen LogP contribution in [0.5, 0.6) is 0 Å². The van der Waals surface area contributed by atoms with E-state index in [1.807, 2.05) is 53.6 Å². The molecule has 1 atom stereocenters. The van der Waals surface area contributed by atoms with Crippen molar-refractivity contribution in [3.05, 3.63) is 71.7 Å². The van der Waals surface area contributed by atoms with Crippen LogP contribution in [0.1, 0.15) is 28.0 Å². The van der Waals surface area contributed by atoms with Gasteiger partial charge in [-0.1, -0.05) is 18.1 Å². The molecule has 4 aromatic rings. The molecule has 2 aromatic carbocycles. The zero-order chi connectivity index (χ0) is 21.4. The first kappa shape index (κ1) is 19.3. The van der Waals surface area contributed by atoms with Crippen molar-refractivity contribution in [1.29, 1.82) is 0 Å². The molecule has 1 aliphatic heterocycles. The van der Waals surface area contributed by atoms with Crippen LogP contribution in [0.4, 0.5) is 0 Å². The van der Waals surface area contributed by atoms with Crippen molar-refractivity contribution in [3.8, 4) is 11.8 Å². The van der Waals surface area contributed by atoms with Gasteiger partial charge in [0.25, 0.3) is 5.91 Å². The van der Waals surface area contributed by atoms with Crippen molar-refractivity contribution in [3.63, 3.8) is 0 Å². The Morgan fingerprint density at radius 2 is 2.06 bits per heavy atom. The smallest absolute Gasteiger partial charge is 0.253 e. The second kappa shape index (κ2) is 7.86. The van der Waals surface area contributed by atoms with Crippen molar-refractivity contribution in [2.75, 3.05) is 27.2 Å². The van der Waals surface area contributed by atoms with Crippen LogP contribution in [0.2, 0.25) is 0 Å². The van der Waals surface area contributed by atoms with Gasteiger partial charge >= 0.3 is 0 Å². The zero-order valence-corrected chi connectivity index (χ0v) is 17.6. The first-order valence-corrected chi connectivity index (χ1v) is 10.4. The van der Waals surface area contributed by atoms with E-state index in [4.69, 9.17) is 0 Å². The molecule has 1 fully saturated rings. The van der Waals surface area contributed by atoms with Gasteiger partial charge in [-0.05, 0) is 56.8 Å². The molecule has 6 nitrogen and oxygen atoms in total. The van der Waals surface area contributed by atoms with Gasteiger partial charge in [0.15, 0.2) is 0 Å². The topological polar surface area (TPSA) is 65.1 Å². The number of H-pyrrole nitrogens is 1. The lowest BCUT2D eigenvalue weighted by molar-refractivity contribution is 0.0783. The molecule has 1 amide bonds. The van der Waals surface area contributed by atoms with E-state index < -0.39 is 0 Å². The number of amides is 1. The van der Waals surface area contributed by atoms with Crippen molar-refractivity contribution in [1.82, 2.24) is 25.0 Å². The van der Waals surface area contributed by atoms with E-state index in [-0.39, 0.29) is 5.91 Å². The number of likely N-dealkylation sites (N-methyl/N-ethyl adjacent to an activating group) is 1. The Kier molecular flexibility index (Phi) is 4.89. The van der Waals surface area contributed by atoms with Crippen LogP contribution in [0.25, 0.3) is 21.7 Å². The fourth-order valence-corrected chi connectivity index (χ4v) is 4.13. The molecule has 31 heavy (non-hydrogen) atoms. The van der Waals surface area contributed by atoms with E-state index in [0.717, 1.165) is 46.7 Å². The number of hydrogen-bond donors (Lipinski definition) is 1. The number of pyridine rings is 1. The van der Waals surface area contributed by atoms with Gasteiger partial charge in [-0.15, -0.1) is 0 Å². The minimum Gasteiger partial charge on any atom is -0.337 e. The maximum absolute atomic E-state index is 13.1. The van der Waals surface area contributed by atoms with Crippen molar-refractivity contribution in [2.45, 2.75) is 12.5 Å². The normalized spacial score (nSPS) is 16.1. The molecule has 0 unspecified atom stereocenters. The number of nitrogens with zero attached hydrogens (tertiary/aromatic N) is 4. The lowest BCUT2D eigenvalue weighted by Crippen LogP contribution is -2.34. The minimum absolute atomic E-state index is 0.0629. The van der Waals surface area contributed by atoms with Gasteiger partial charge < -0.3 is 9.80 Å². The van der Waals surface area contributed by atoms with Gasteiger partial charge in [0.1, 0.15) is 5.69 Å². The van der Waals surface area contributed by atoms with Crippen molar-refractivity contribution in [2.24, 2.45) is 0 Å². The second-order valence-corrected chi connectivity index (χ2v) is 8.14. The highest BCUT2D eigenvalue weighted by Crippen LogP contribution is 2.22. The molecular weight excluding hydrogens is 386 g/mol. The number of carbonyl (C=O) groups excluding carboxylic acids is 1. The highest BCUT2D eigenvalue weighted by Gasteiger charge is 2.28. The van der Waals surface area contributed by atoms with Crippen LogP contribution in [0.3, 0.4) is 0 Å². The summed E-state index contributed by atoms with van der Waals surface area (Å²) in [7, 11) is 4.13. The Hall–Kier alpha value is -3.69. The van der Waals surface area contributed by atoms with Crippen LogP contribution in [0, 0.1) is 11.8 Å². The van der Waals surface area contributed by atoms with E-state index in [1.54, 1.807) is 6.20 Å². The average Bonchev–Trinajstić information content (AvgIpc) is 3.44. The van der Waals surface area contributed by atoms with E-state index >= 15 is 0 Å². The van der Waals surface area contributed by atoms with Gasteiger partial charge in [0.05, 0.1) is 5.52 Å². The standard InChI is InChI=1S/C25H23N5O/c1-29(2)20-11-13-30(16-20)25(31)18-7-9-24-22(14-18)23(27-28-24)8-6-17-4-3-5-19-15-26-12-10-21(17)19/h3-5,7,9-10,12,14-15,20H,11,13,16H2,1-2H3,(H,27,28)/t20-/m0/s1. The Morgan fingerprint density at radius 1 is 1.16 bits per heavy atom. The molecule has 1 saturated heterocycles. The lowest BCUT2D eigenvalue weighted by atomic mass is 10.1. The predicted molar refractivity (Wildman–Crippen MR) is 122 cm³/mol. The molecule has 3 heterocycles. The fourth-order valence-electron chi connectivity index (χ4n) is 4.13. The Labute approximate surface area is 180 Å². The molecule has 2 aromatic heterocycles. The van der Waals surface area contributed by atoms with Gasteiger partial charge in [-0.25, -0.2) is 0 Å². The summed E-state index contributed by atoms with van der Waals surface area (Å²) in [6.07, 6.45) is 4.61. The highest BCUT2D eigenvalue weighted by atomic mass is 16.2. The molecule has 1 N–H and O–H groups in total. The number of nitrogens with one attached hydrogen (secondary N) is 1. The summed E-state index contributed by atoms with van der Waals surface area (Å²) in [6, 6.07) is 14.0. The van der Waals surface area contributed by atoms with Crippen LogP contribution < -0.4 is 0 Å². The van der Waals surface area contributed by atoms with Crippen molar-refractivity contribution >= 4 is 27.6 Å². The summed E-state index contributed by atoms with van der Waals surface area (Å²) in [5, 5.41) is 10.4. The maximum Gasteiger partial charge on any atom is 0.253 e. The van der Waals surface area contributed by atoms with Crippen molar-refractivity contribution < 1.29 is 4.79 Å². The Morgan fingerprint density at radius 3 is 2.90 bits per heavy atom. The van der Waals surface area contributed by atoms with Gasteiger partial charge in [-0.2, -0.15) is 5.10 Å². The summed E-state index contributed by atoms with van der Waals surface area (Å²) in [5.74, 6) is 6.50. The quantitative estimate of drug-likeness (QED) is 0.516. The number of likely N-dealkylation sites (tertiary alicyclic amines) is 1. The predicted octanol–water partition coefficient (Wildman–Crippen LogP) is 3.29. The first-order chi connectivity index (χ1) is 15.1. The summed E-state index contributed by atoms with van der Waals surface area (Å²) < 4.78 is 0. The molecule has 6 heteroatoms. The molecule has 0 bridgehead atoms. The van der Waals surface area contributed by atoms with Gasteiger partial charge in [0.2, 0.25) is 0 Å². The molecule has 0 saturated carbocycles. The number of aromatic nitrogens is 3.